The second kappa shape index (κ2) is 6.32. The van der Waals surface area contributed by atoms with E-state index >= 15 is 0 Å². The van der Waals surface area contributed by atoms with Gasteiger partial charge in [0.2, 0.25) is 0 Å². The first-order valence-corrected chi connectivity index (χ1v) is 8.29. The van der Waals surface area contributed by atoms with Crippen molar-refractivity contribution < 1.29 is 0 Å². The normalized spacial score (nSPS) is 26.4. The smallest absolute Gasteiger partial charge is 0.133 e. The van der Waals surface area contributed by atoms with Gasteiger partial charge in [0.1, 0.15) is 5.82 Å². The molecule has 3 rings (SSSR count). The number of pyridine rings is 1. The van der Waals surface area contributed by atoms with Crippen LogP contribution in [0.25, 0.3) is 0 Å². The standard InChI is InChI=1S/C17H28N4/c1-13(2)19-11-14-5-4-9-18-17(14)21-10-8-15-6-7-16(12-21)20(15)3/h4-5,9,13,15-16,19H,6-8,10-12H2,1-3H3. The summed E-state index contributed by atoms with van der Waals surface area (Å²) in [5.74, 6) is 1.19. The van der Waals surface area contributed by atoms with Crippen molar-refractivity contribution in [2.75, 3.05) is 25.0 Å². The number of anilines is 1. The molecule has 3 heterocycles. The van der Waals surface area contributed by atoms with E-state index < -0.39 is 0 Å². The lowest BCUT2D eigenvalue weighted by molar-refractivity contribution is 0.254. The second-order valence-corrected chi connectivity index (χ2v) is 6.81. The van der Waals surface area contributed by atoms with Gasteiger partial charge in [-0.2, -0.15) is 0 Å². The molecule has 1 N–H and O–H groups in total. The Morgan fingerprint density at radius 2 is 2.10 bits per heavy atom. The van der Waals surface area contributed by atoms with E-state index in [1.165, 1.54) is 30.6 Å². The summed E-state index contributed by atoms with van der Waals surface area (Å²) in [7, 11) is 2.30. The van der Waals surface area contributed by atoms with Crippen molar-refractivity contribution >= 4 is 5.82 Å². The zero-order valence-corrected chi connectivity index (χ0v) is 13.5. The molecule has 2 unspecified atom stereocenters. The molecule has 2 aliphatic rings. The number of aromatic nitrogens is 1. The molecule has 2 aliphatic heterocycles. The number of hydrogen-bond acceptors (Lipinski definition) is 4. The van der Waals surface area contributed by atoms with E-state index in [2.05, 4.69) is 48.1 Å². The Bertz CT molecular complexity index is 474. The van der Waals surface area contributed by atoms with Crippen molar-refractivity contribution in [2.24, 2.45) is 0 Å². The fraction of sp³-hybridized carbons (Fsp3) is 0.706. The molecule has 1 aromatic rings. The van der Waals surface area contributed by atoms with Crippen LogP contribution in [0.3, 0.4) is 0 Å². The largest absolute Gasteiger partial charge is 0.355 e. The van der Waals surface area contributed by atoms with Crippen molar-refractivity contribution in [2.45, 2.75) is 57.8 Å². The van der Waals surface area contributed by atoms with Crippen LogP contribution in [-0.4, -0.2) is 48.1 Å². The molecule has 1 aromatic heterocycles. The van der Waals surface area contributed by atoms with Gasteiger partial charge in [0.25, 0.3) is 0 Å². The first-order valence-electron chi connectivity index (χ1n) is 8.29. The fourth-order valence-electron chi connectivity index (χ4n) is 3.67. The lowest BCUT2D eigenvalue weighted by Crippen LogP contribution is -2.37. The Kier molecular flexibility index (Phi) is 4.45. The fourth-order valence-corrected chi connectivity index (χ4v) is 3.67. The van der Waals surface area contributed by atoms with Crippen LogP contribution in [0.15, 0.2) is 18.3 Å². The highest BCUT2D eigenvalue weighted by molar-refractivity contribution is 5.47. The van der Waals surface area contributed by atoms with Crippen molar-refractivity contribution in [3.63, 3.8) is 0 Å². The predicted molar refractivity (Wildman–Crippen MR) is 87.6 cm³/mol. The average Bonchev–Trinajstić information content (AvgIpc) is 2.70. The molecule has 2 fully saturated rings. The molecule has 4 heteroatoms. The van der Waals surface area contributed by atoms with E-state index in [0.717, 1.165) is 25.7 Å². The maximum absolute atomic E-state index is 4.70. The first kappa shape index (κ1) is 14.8. The van der Waals surface area contributed by atoms with Gasteiger partial charge in [-0.1, -0.05) is 19.9 Å². The summed E-state index contributed by atoms with van der Waals surface area (Å²) in [6, 6.07) is 6.25. The molecule has 4 nitrogen and oxygen atoms in total. The Balaban J connectivity index is 1.77. The monoisotopic (exact) mass is 288 g/mol. The van der Waals surface area contributed by atoms with E-state index in [4.69, 9.17) is 4.98 Å². The van der Waals surface area contributed by atoms with Crippen LogP contribution in [0.4, 0.5) is 5.82 Å². The third-order valence-corrected chi connectivity index (χ3v) is 5.02. The highest BCUT2D eigenvalue weighted by atomic mass is 15.3. The van der Waals surface area contributed by atoms with Crippen molar-refractivity contribution in [3.8, 4) is 0 Å². The minimum absolute atomic E-state index is 0.504. The van der Waals surface area contributed by atoms with Crippen LogP contribution in [0.5, 0.6) is 0 Å². The van der Waals surface area contributed by atoms with Crippen LogP contribution in [0, 0.1) is 0 Å². The number of fused-ring (bicyclic) bond motifs is 2. The molecule has 0 spiro atoms. The van der Waals surface area contributed by atoms with Crippen LogP contribution < -0.4 is 10.2 Å². The summed E-state index contributed by atoms with van der Waals surface area (Å²) < 4.78 is 0. The van der Waals surface area contributed by atoms with E-state index in [-0.39, 0.29) is 0 Å². The lowest BCUT2D eigenvalue weighted by atomic mass is 10.1. The highest BCUT2D eigenvalue weighted by Gasteiger charge is 2.35. The van der Waals surface area contributed by atoms with Gasteiger partial charge < -0.3 is 10.2 Å². The molecule has 2 saturated heterocycles. The van der Waals surface area contributed by atoms with E-state index in [0.29, 0.717) is 12.1 Å². The summed E-state index contributed by atoms with van der Waals surface area (Å²) in [5.41, 5.74) is 1.33. The molecule has 0 saturated carbocycles. The summed E-state index contributed by atoms with van der Waals surface area (Å²) >= 11 is 0. The molecule has 0 aliphatic carbocycles. The van der Waals surface area contributed by atoms with E-state index in [1.807, 2.05) is 6.20 Å². The zero-order chi connectivity index (χ0) is 14.8. The van der Waals surface area contributed by atoms with Gasteiger partial charge in [-0.3, -0.25) is 4.90 Å². The molecule has 2 atom stereocenters. The lowest BCUT2D eigenvalue weighted by Gasteiger charge is -2.28. The molecule has 2 bridgehead atoms. The Labute approximate surface area is 128 Å². The number of nitrogens with zero attached hydrogens (tertiary/aromatic N) is 3. The quantitative estimate of drug-likeness (QED) is 0.921. The third kappa shape index (κ3) is 3.22. The third-order valence-electron chi connectivity index (χ3n) is 5.02. The van der Waals surface area contributed by atoms with Crippen LogP contribution in [-0.2, 0) is 6.54 Å². The van der Waals surface area contributed by atoms with Gasteiger partial charge >= 0.3 is 0 Å². The van der Waals surface area contributed by atoms with Gasteiger partial charge in [-0.25, -0.2) is 4.98 Å². The topological polar surface area (TPSA) is 31.4 Å². The molecule has 0 aromatic carbocycles. The van der Waals surface area contributed by atoms with E-state index in [9.17, 15) is 0 Å². The van der Waals surface area contributed by atoms with Crippen LogP contribution >= 0.6 is 0 Å². The molecular formula is C17H28N4. The summed E-state index contributed by atoms with van der Waals surface area (Å²) in [5, 5.41) is 3.52. The van der Waals surface area contributed by atoms with E-state index in [1.54, 1.807) is 0 Å². The highest BCUT2D eigenvalue weighted by Crippen LogP contribution is 2.31. The SMILES string of the molecule is CC(C)NCc1cccnc1N1CCC2CCC(C1)N2C. The second-order valence-electron chi connectivity index (χ2n) is 6.81. The van der Waals surface area contributed by atoms with Gasteiger partial charge in [-0.15, -0.1) is 0 Å². The Hall–Kier alpha value is -1.13. The molecular weight excluding hydrogens is 260 g/mol. The van der Waals surface area contributed by atoms with Gasteiger partial charge in [-0.05, 0) is 32.4 Å². The Morgan fingerprint density at radius 1 is 1.29 bits per heavy atom. The number of rotatable bonds is 4. The Morgan fingerprint density at radius 3 is 2.90 bits per heavy atom. The molecule has 21 heavy (non-hydrogen) atoms. The number of likely N-dealkylation sites (N-methyl/N-ethyl adjacent to an activating group) is 1. The summed E-state index contributed by atoms with van der Waals surface area (Å²) in [6.07, 6.45) is 5.91. The van der Waals surface area contributed by atoms with Gasteiger partial charge in [0.05, 0.1) is 0 Å². The molecule has 116 valence electrons. The first-order chi connectivity index (χ1) is 10.1. The van der Waals surface area contributed by atoms with Crippen LogP contribution in [0.2, 0.25) is 0 Å². The summed E-state index contributed by atoms with van der Waals surface area (Å²) in [4.78, 5) is 9.80. The minimum atomic E-state index is 0.504. The number of nitrogens with one attached hydrogen (secondary N) is 1. The van der Waals surface area contributed by atoms with Gasteiger partial charge in [0, 0.05) is 49.5 Å². The van der Waals surface area contributed by atoms with Crippen molar-refractivity contribution in [1.82, 2.24) is 15.2 Å². The maximum atomic E-state index is 4.70. The van der Waals surface area contributed by atoms with Gasteiger partial charge in [0.15, 0.2) is 0 Å². The van der Waals surface area contributed by atoms with Crippen LogP contribution in [0.1, 0.15) is 38.7 Å². The van der Waals surface area contributed by atoms with Crippen molar-refractivity contribution in [3.05, 3.63) is 23.9 Å². The maximum Gasteiger partial charge on any atom is 0.133 e. The summed E-state index contributed by atoms with van der Waals surface area (Å²) in [6.45, 7) is 7.54. The predicted octanol–water partition coefficient (Wildman–Crippen LogP) is 2.25. The minimum Gasteiger partial charge on any atom is -0.355 e. The van der Waals surface area contributed by atoms with Crippen molar-refractivity contribution in [1.29, 1.82) is 0 Å². The molecule has 0 amide bonds. The number of hydrogen-bond donors (Lipinski definition) is 1. The molecule has 0 radical (unpaired) electrons. The zero-order valence-electron chi connectivity index (χ0n) is 13.5. The average molecular weight is 288 g/mol.